The van der Waals surface area contributed by atoms with Crippen molar-refractivity contribution < 1.29 is 17.9 Å². The Balaban J connectivity index is 1.62. The largest absolute Gasteiger partial charge is 0.481 e. The standard InChI is InChI=1S/C21H25ClN2O4S/c1-16(28-19-10-6-17(22)7-11-19)21(25)23-18-8-12-20(13-9-18)29(26,27)24-14-4-2-3-5-15-24/h6-13,16H,2-5,14-15H2,1H3,(H,23,25). The summed E-state index contributed by atoms with van der Waals surface area (Å²) in [6, 6.07) is 13.0. The van der Waals surface area contributed by atoms with E-state index in [-0.39, 0.29) is 10.8 Å². The quantitative estimate of drug-likeness (QED) is 0.732. The number of nitrogens with zero attached hydrogens (tertiary/aromatic N) is 1. The van der Waals surface area contributed by atoms with Gasteiger partial charge in [-0.3, -0.25) is 4.79 Å². The molecule has 0 radical (unpaired) electrons. The van der Waals surface area contributed by atoms with Crippen LogP contribution in [-0.4, -0.2) is 37.8 Å². The first kappa shape index (κ1) is 21.6. The van der Waals surface area contributed by atoms with Gasteiger partial charge in [0.05, 0.1) is 4.90 Å². The number of sulfonamides is 1. The molecule has 0 aromatic heterocycles. The first-order valence-corrected chi connectivity index (χ1v) is 11.5. The summed E-state index contributed by atoms with van der Waals surface area (Å²) in [4.78, 5) is 12.6. The molecule has 1 atom stereocenters. The minimum Gasteiger partial charge on any atom is -0.481 e. The monoisotopic (exact) mass is 436 g/mol. The number of rotatable bonds is 6. The van der Waals surface area contributed by atoms with Gasteiger partial charge in [0.1, 0.15) is 5.75 Å². The Morgan fingerprint density at radius 3 is 2.17 bits per heavy atom. The van der Waals surface area contributed by atoms with E-state index in [1.807, 2.05) is 0 Å². The maximum atomic E-state index is 12.8. The van der Waals surface area contributed by atoms with Crippen molar-refractivity contribution in [3.63, 3.8) is 0 Å². The molecule has 1 fully saturated rings. The normalized spacial score (nSPS) is 16.6. The van der Waals surface area contributed by atoms with Crippen LogP contribution in [0.15, 0.2) is 53.4 Å². The van der Waals surface area contributed by atoms with Gasteiger partial charge in [-0.1, -0.05) is 24.4 Å². The van der Waals surface area contributed by atoms with E-state index in [1.54, 1.807) is 47.6 Å². The highest BCUT2D eigenvalue weighted by molar-refractivity contribution is 7.89. The molecule has 1 heterocycles. The van der Waals surface area contributed by atoms with E-state index in [0.717, 1.165) is 25.7 Å². The highest BCUT2D eigenvalue weighted by Crippen LogP contribution is 2.22. The molecule has 0 bridgehead atoms. The highest BCUT2D eigenvalue weighted by Gasteiger charge is 2.25. The van der Waals surface area contributed by atoms with Crippen molar-refractivity contribution in [2.75, 3.05) is 18.4 Å². The Hall–Kier alpha value is -2.09. The lowest BCUT2D eigenvalue weighted by Crippen LogP contribution is -2.32. The van der Waals surface area contributed by atoms with Crippen molar-refractivity contribution >= 4 is 33.2 Å². The maximum absolute atomic E-state index is 12.8. The van der Waals surface area contributed by atoms with Crippen molar-refractivity contribution in [3.8, 4) is 5.75 Å². The molecule has 1 amide bonds. The van der Waals surface area contributed by atoms with Crippen LogP contribution in [0.2, 0.25) is 5.02 Å². The molecule has 0 spiro atoms. The predicted molar refractivity (Wildman–Crippen MR) is 114 cm³/mol. The molecule has 1 unspecified atom stereocenters. The fraction of sp³-hybridized carbons (Fsp3) is 0.381. The van der Waals surface area contributed by atoms with Crippen molar-refractivity contribution in [2.24, 2.45) is 0 Å². The minimum absolute atomic E-state index is 0.239. The second kappa shape index (κ2) is 9.61. The summed E-state index contributed by atoms with van der Waals surface area (Å²) in [5.74, 6) is 0.207. The number of carbonyl (C=O) groups is 1. The van der Waals surface area contributed by atoms with Crippen LogP contribution in [-0.2, 0) is 14.8 Å². The summed E-state index contributed by atoms with van der Waals surface area (Å²) in [5.41, 5.74) is 0.511. The molecule has 6 nitrogen and oxygen atoms in total. The van der Waals surface area contributed by atoms with Crippen LogP contribution >= 0.6 is 11.6 Å². The van der Waals surface area contributed by atoms with E-state index >= 15 is 0 Å². The fourth-order valence-corrected chi connectivity index (χ4v) is 4.80. The van der Waals surface area contributed by atoms with Crippen LogP contribution < -0.4 is 10.1 Å². The summed E-state index contributed by atoms with van der Waals surface area (Å²) >= 11 is 5.84. The van der Waals surface area contributed by atoms with Crippen molar-refractivity contribution in [1.82, 2.24) is 4.31 Å². The van der Waals surface area contributed by atoms with Gasteiger partial charge in [-0.05, 0) is 68.3 Å². The molecular formula is C21H25ClN2O4S. The van der Waals surface area contributed by atoms with Crippen LogP contribution in [0.25, 0.3) is 0 Å². The lowest BCUT2D eigenvalue weighted by molar-refractivity contribution is -0.122. The Bertz CT molecular complexity index is 922. The number of anilines is 1. The van der Waals surface area contributed by atoms with Gasteiger partial charge in [-0.15, -0.1) is 0 Å². The second-order valence-corrected chi connectivity index (χ2v) is 9.42. The number of benzene rings is 2. The third-order valence-corrected chi connectivity index (χ3v) is 6.99. The average molecular weight is 437 g/mol. The average Bonchev–Trinajstić information content (AvgIpc) is 3.00. The molecule has 1 aliphatic heterocycles. The molecule has 0 aliphatic carbocycles. The predicted octanol–water partition coefficient (Wildman–Crippen LogP) is 4.31. The molecule has 3 rings (SSSR count). The second-order valence-electron chi connectivity index (χ2n) is 7.05. The zero-order valence-electron chi connectivity index (χ0n) is 16.3. The van der Waals surface area contributed by atoms with Gasteiger partial charge in [0.25, 0.3) is 5.91 Å². The number of ether oxygens (including phenoxy) is 1. The van der Waals surface area contributed by atoms with E-state index in [0.29, 0.717) is 29.5 Å². The molecule has 29 heavy (non-hydrogen) atoms. The van der Waals surface area contributed by atoms with Crippen LogP contribution in [0, 0.1) is 0 Å². The molecule has 0 saturated carbocycles. The van der Waals surface area contributed by atoms with Gasteiger partial charge < -0.3 is 10.1 Å². The van der Waals surface area contributed by atoms with E-state index < -0.39 is 16.1 Å². The molecule has 156 valence electrons. The first-order valence-electron chi connectivity index (χ1n) is 9.69. The van der Waals surface area contributed by atoms with Gasteiger partial charge in [0.2, 0.25) is 10.0 Å². The van der Waals surface area contributed by atoms with Crippen LogP contribution in [0.3, 0.4) is 0 Å². The third-order valence-electron chi connectivity index (χ3n) is 4.82. The summed E-state index contributed by atoms with van der Waals surface area (Å²) in [5, 5.41) is 3.33. The number of amides is 1. The highest BCUT2D eigenvalue weighted by atomic mass is 35.5. The number of hydrogen-bond acceptors (Lipinski definition) is 4. The lowest BCUT2D eigenvalue weighted by atomic mass is 10.2. The minimum atomic E-state index is -3.51. The lowest BCUT2D eigenvalue weighted by Gasteiger charge is -2.20. The molecule has 8 heteroatoms. The Morgan fingerprint density at radius 1 is 1.00 bits per heavy atom. The summed E-state index contributed by atoms with van der Waals surface area (Å²) in [6.45, 7) is 2.75. The van der Waals surface area contributed by atoms with Gasteiger partial charge in [0.15, 0.2) is 6.10 Å². The van der Waals surface area contributed by atoms with Crippen molar-refractivity contribution in [1.29, 1.82) is 0 Å². The van der Waals surface area contributed by atoms with Crippen molar-refractivity contribution in [3.05, 3.63) is 53.6 Å². The smallest absolute Gasteiger partial charge is 0.265 e. The Morgan fingerprint density at radius 2 is 1.59 bits per heavy atom. The van der Waals surface area contributed by atoms with E-state index in [4.69, 9.17) is 16.3 Å². The van der Waals surface area contributed by atoms with Gasteiger partial charge in [0, 0.05) is 23.8 Å². The van der Waals surface area contributed by atoms with E-state index in [1.165, 1.54) is 12.1 Å². The number of nitrogens with one attached hydrogen (secondary N) is 1. The summed E-state index contributed by atoms with van der Waals surface area (Å²) in [6.07, 6.45) is 3.18. The summed E-state index contributed by atoms with van der Waals surface area (Å²) < 4.78 is 32.8. The number of hydrogen-bond donors (Lipinski definition) is 1. The van der Waals surface area contributed by atoms with Gasteiger partial charge in [-0.2, -0.15) is 4.31 Å². The molecular weight excluding hydrogens is 412 g/mol. The third kappa shape index (κ3) is 5.72. The van der Waals surface area contributed by atoms with Crippen LogP contribution in [0.1, 0.15) is 32.6 Å². The zero-order chi connectivity index (χ0) is 20.9. The SMILES string of the molecule is CC(Oc1ccc(Cl)cc1)C(=O)Nc1ccc(S(=O)(=O)N2CCCCCC2)cc1. The molecule has 1 aliphatic rings. The topological polar surface area (TPSA) is 75.7 Å². The van der Waals surface area contributed by atoms with Crippen molar-refractivity contribution in [2.45, 2.75) is 43.6 Å². The first-order chi connectivity index (χ1) is 13.9. The molecule has 1 saturated heterocycles. The van der Waals surface area contributed by atoms with Gasteiger partial charge in [-0.25, -0.2) is 8.42 Å². The van der Waals surface area contributed by atoms with E-state index in [2.05, 4.69) is 5.32 Å². The molecule has 1 N–H and O–H groups in total. The zero-order valence-corrected chi connectivity index (χ0v) is 17.9. The maximum Gasteiger partial charge on any atom is 0.265 e. The number of carbonyl (C=O) groups excluding carboxylic acids is 1. The van der Waals surface area contributed by atoms with Gasteiger partial charge >= 0.3 is 0 Å². The van der Waals surface area contributed by atoms with Crippen LogP contribution in [0.5, 0.6) is 5.75 Å². The summed E-state index contributed by atoms with van der Waals surface area (Å²) in [7, 11) is -3.51. The van der Waals surface area contributed by atoms with E-state index in [9.17, 15) is 13.2 Å². The molecule has 2 aromatic rings. The Kier molecular flexibility index (Phi) is 7.16. The molecule has 2 aromatic carbocycles. The fourth-order valence-electron chi connectivity index (χ4n) is 3.16. The Labute approximate surface area is 176 Å². The van der Waals surface area contributed by atoms with Crippen LogP contribution in [0.4, 0.5) is 5.69 Å². The number of halogens is 1.